The van der Waals surface area contributed by atoms with Crippen LogP contribution in [0.15, 0.2) is 12.1 Å². The molecule has 1 heteroatoms. The van der Waals surface area contributed by atoms with E-state index < -0.39 is 0 Å². The van der Waals surface area contributed by atoms with E-state index in [2.05, 4.69) is 38.2 Å². The Kier molecular flexibility index (Phi) is 2.03. The molecule has 2 rings (SSSR count). The average molecular weight is 175 g/mol. The summed E-state index contributed by atoms with van der Waals surface area (Å²) in [5.41, 5.74) is 5.81. The molecule has 0 saturated carbocycles. The van der Waals surface area contributed by atoms with Crippen molar-refractivity contribution in [3.8, 4) is 0 Å². The van der Waals surface area contributed by atoms with E-state index in [4.69, 9.17) is 0 Å². The third-order valence-corrected chi connectivity index (χ3v) is 2.74. The van der Waals surface area contributed by atoms with E-state index in [0.29, 0.717) is 5.92 Å². The second-order valence-electron chi connectivity index (χ2n) is 4.21. The molecule has 0 spiro atoms. The van der Waals surface area contributed by atoms with Crippen LogP contribution in [0, 0.1) is 6.92 Å². The summed E-state index contributed by atoms with van der Waals surface area (Å²) >= 11 is 0. The van der Waals surface area contributed by atoms with E-state index in [0.717, 1.165) is 6.54 Å². The topological polar surface area (TPSA) is 12.0 Å². The van der Waals surface area contributed by atoms with E-state index in [-0.39, 0.29) is 0 Å². The van der Waals surface area contributed by atoms with Gasteiger partial charge in [-0.2, -0.15) is 0 Å². The molecule has 0 atom stereocenters. The molecule has 1 aromatic carbocycles. The van der Waals surface area contributed by atoms with Gasteiger partial charge in [0.2, 0.25) is 0 Å². The lowest BCUT2D eigenvalue weighted by Crippen LogP contribution is -1.95. The van der Waals surface area contributed by atoms with E-state index in [9.17, 15) is 0 Å². The van der Waals surface area contributed by atoms with Crippen LogP contribution in [-0.2, 0) is 6.42 Å². The molecular formula is C12H17N. The van der Waals surface area contributed by atoms with Gasteiger partial charge in [0, 0.05) is 12.2 Å². The number of nitrogens with one attached hydrogen (secondary N) is 1. The van der Waals surface area contributed by atoms with Gasteiger partial charge in [0.25, 0.3) is 0 Å². The predicted octanol–water partition coefficient (Wildman–Crippen LogP) is 3.09. The molecule has 1 nitrogen and oxygen atoms in total. The van der Waals surface area contributed by atoms with Gasteiger partial charge in [-0.25, -0.2) is 0 Å². The van der Waals surface area contributed by atoms with Gasteiger partial charge in [0.1, 0.15) is 0 Å². The Morgan fingerprint density at radius 3 is 2.77 bits per heavy atom. The van der Waals surface area contributed by atoms with Gasteiger partial charge in [0.15, 0.2) is 0 Å². The monoisotopic (exact) mass is 175 g/mol. The number of benzene rings is 1. The third kappa shape index (κ3) is 1.43. The van der Waals surface area contributed by atoms with Gasteiger partial charge >= 0.3 is 0 Å². The fourth-order valence-electron chi connectivity index (χ4n) is 2.12. The van der Waals surface area contributed by atoms with Crippen molar-refractivity contribution >= 4 is 5.69 Å². The van der Waals surface area contributed by atoms with Crippen molar-refractivity contribution in [3.05, 3.63) is 28.8 Å². The zero-order chi connectivity index (χ0) is 9.42. The van der Waals surface area contributed by atoms with Crippen molar-refractivity contribution in [2.45, 2.75) is 33.1 Å². The maximum Gasteiger partial charge on any atom is 0.0379 e. The molecule has 0 amide bonds. The molecule has 70 valence electrons. The lowest BCUT2D eigenvalue weighted by molar-refractivity contribution is 0.848. The molecule has 1 heterocycles. The summed E-state index contributed by atoms with van der Waals surface area (Å²) in [7, 11) is 0. The normalized spacial score (nSPS) is 14.5. The quantitative estimate of drug-likeness (QED) is 0.691. The van der Waals surface area contributed by atoms with Crippen LogP contribution >= 0.6 is 0 Å². The Morgan fingerprint density at radius 1 is 1.31 bits per heavy atom. The maximum atomic E-state index is 3.44. The number of hydrogen-bond acceptors (Lipinski definition) is 1. The molecule has 0 bridgehead atoms. The highest BCUT2D eigenvalue weighted by Crippen LogP contribution is 2.31. The number of fused-ring (bicyclic) bond motifs is 1. The van der Waals surface area contributed by atoms with E-state index >= 15 is 0 Å². The smallest absolute Gasteiger partial charge is 0.0379 e. The Hall–Kier alpha value is -0.980. The van der Waals surface area contributed by atoms with Crippen LogP contribution in [0.2, 0.25) is 0 Å². The minimum atomic E-state index is 0.647. The largest absolute Gasteiger partial charge is 0.384 e. The molecule has 1 aliphatic heterocycles. The first-order valence-electron chi connectivity index (χ1n) is 5.06. The van der Waals surface area contributed by atoms with E-state index in [1.54, 1.807) is 5.56 Å². The average Bonchev–Trinajstić information content (AvgIpc) is 2.49. The number of hydrogen-bond donors (Lipinski definition) is 1. The zero-order valence-corrected chi connectivity index (χ0v) is 8.65. The zero-order valence-electron chi connectivity index (χ0n) is 8.65. The summed E-state index contributed by atoms with van der Waals surface area (Å²) in [4.78, 5) is 0. The third-order valence-electron chi connectivity index (χ3n) is 2.74. The highest BCUT2D eigenvalue weighted by Gasteiger charge is 2.16. The predicted molar refractivity (Wildman–Crippen MR) is 57.5 cm³/mol. The first-order valence-corrected chi connectivity index (χ1v) is 5.06. The Bertz CT molecular complexity index is 326. The van der Waals surface area contributed by atoms with Crippen LogP contribution in [-0.4, -0.2) is 6.54 Å². The Balaban J connectivity index is 2.55. The molecule has 0 unspecified atom stereocenters. The van der Waals surface area contributed by atoms with Gasteiger partial charge in [-0.05, 0) is 42.0 Å². The molecule has 0 aliphatic carbocycles. The molecule has 1 N–H and O–H groups in total. The molecule has 1 aromatic rings. The van der Waals surface area contributed by atoms with Crippen molar-refractivity contribution in [1.82, 2.24) is 0 Å². The summed E-state index contributed by atoms with van der Waals surface area (Å²) in [5.74, 6) is 0.647. The summed E-state index contributed by atoms with van der Waals surface area (Å²) in [6.07, 6.45) is 1.20. The van der Waals surface area contributed by atoms with Gasteiger partial charge < -0.3 is 5.32 Å². The molecule has 0 saturated heterocycles. The first-order chi connectivity index (χ1) is 6.18. The van der Waals surface area contributed by atoms with Crippen LogP contribution in [0.4, 0.5) is 5.69 Å². The van der Waals surface area contributed by atoms with Gasteiger partial charge in [0.05, 0.1) is 0 Å². The lowest BCUT2D eigenvalue weighted by atomic mass is 9.94. The fourth-order valence-corrected chi connectivity index (χ4v) is 2.12. The number of anilines is 1. The summed E-state index contributed by atoms with van der Waals surface area (Å²) < 4.78 is 0. The maximum absolute atomic E-state index is 3.44. The van der Waals surface area contributed by atoms with Crippen molar-refractivity contribution in [2.24, 2.45) is 0 Å². The Labute approximate surface area is 80.2 Å². The standard InChI is InChI=1S/C12H17N/c1-8(2)11-6-9(3)7-12-10(11)4-5-13-12/h6-8,13H,4-5H2,1-3H3. The van der Waals surface area contributed by atoms with Crippen molar-refractivity contribution in [3.63, 3.8) is 0 Å². The second-order valence-corrected chi connectivity index (χ2v) is 4.21. The molecule has 0 radical (unpaired) electrons. The summed E-state index contributed by atoms with van der Waals surface area (Å²) in [5, 5.41) is 3.44. The van der Waals surface area contributed by atoms with Crippen LogP contribution in [0.3, 0.4) is 0 Å². The van der Waals surface area contributed by atoms with Gasteiger partial charge in [-0.3, -0.25) is 0 Å². The van der Waals surface area contributed by atoms with Crippen molar-refractivity contribution in [1.29, 1.82) is 0 Å². The van der Waals surface area contributed by atoms with Gasteiger partial charge in [-0.15, -0.1) is 0 Å². The van der Waals surface area contributed by atoms with Crippen LogP contribution in [0.5, 0.6) is 0 Å². The minimum Gasteiger partial charge on any atom is -0.384 e. The minimum absolute atomic E-state index is 0.647. The Morgan fingerprint density at radius 2 is 2.08 bits per heavy atom. The lowest BCUT2D eigenvalue weighted by Gasteiger charge is -2.12. The molecule has 13 heavy (non-hydrogen) atoms. The summed E-state index contributed by atoms with van der Waals surface area (Å²) in [6.45, 7) is 7.82. The van der Waals surface area contributed by atoms with Crippen LogP contribution in [0.1, 0.15) is 36.5 Å². The molecule has 0 aromatic heterocycles. The summed E-state index contributed by atoms with van der Waals surface area (Å²) in [6, 6.07) is 4.59. The van der Waals surface area contributed by atoms with E-state index in [1.807, 2.05) is 0 Å². The van der Waals surface area contributed by atoms with E-state index in [1.165, 1.54) is 23.2 Å². The fraction of sp³-hybridized carbons (Fsp3) is 0.500. The van der Waals surface area contributed by atoms with Crippen LogP contribution < -0.4 is 5.32 Å². The molecular weight excluding hydrogens is 158 g/mol. The number of rotatable bonds is 1. The second kappa shape index (κ2) is 3.06. The van der Waals surface area contributed by atoms with Gasteiger partial charge in [-0.1, -0.05) is 19.9 Å². The number of aryl methyl sites for hydroxylation is 1. The molecule has 0 fully saturated rings. The highest BCUT2D eigenvalue weighted by molar-refractivity contribution is 5.61. The first kappa shape index (κ1) is 8.61. The van der Waals surface area contributed by atoms with Crippen molar-refractivity contribution in [2.75, 3.05) is 11.9 Å². The molecule has 1 aliphatic rings. The highest BCUT2D eigenvalue weighted by atomic mass is 14.9. The van der Waals surface area contributed by atoms with Crippen molar-refractivity contribution < 1.29 is 0 Å². The SMILES string of the molecule is Cc1cc2c(c(C(C)C)c1)CCN2. The van der Waals surface area contributed by atoms with Crippen LogP contribution in [0.25, 0.3) is 0 Å².